The van der Waals surface area contributed by atoms with Crippen molar-refractivity contribution in [1.29, 1.82) is 0 Å². The first-order valence-corrected chi connectivity index (χ1v) is 24.6. The largest absolute Gasteiger partial charge is 0.491 e. The molecule has 0 radical (unpaired) electrons. The maximum Gasteiger partial charge on any atom is 0.301 e. The molecule has 0 saturated carbocycles. The van der Waals surface area contributed by atoms with Crippen LogP contribution in [0.1, 0.15) is 44.4 Å². The van der Waals surface area contributed by atoms with Crippen LogP contribution in [0.5, 0.6) is 11.8 Å². The molecule has 0 bridgehead atoms. The maximum absolute atomic E-state index is 15.3. The van der Waals surface area contributed by atoms with Crippen LogP contribution < -0.4 is 14.8 Å². The van der Waals surface area contributed by atoms with Crippen molar-refractivity contribution < 1.29 is 37.6 Å². The summed E-state index contributed by atoms with van der Waals surface area (Å²) < 4.78 is 54.6. The predicted octanol–water partition coefficient (Wildman–Crippen LogP) is 6.94. The number of benzene rings is 1. The Morgan fingerprint density at radius 2 is 1.76 bits per heavy atom. The molecule has 6 rings (SSSR count). The van der Waals surface area contributed by atoms with Crippen LogP contribution in [-0.2, 0) is 31.8 Å². The lowest BCUT2D eigenvalue weighted by atomic mass is 10.1. The van der Waals surface area contributed by atoms with Gasteiger partial charge in [-0.25, -0.2) is 9.37 Å². The molecule has 5 atom stereocenters. The number of aryl methyl sites for hydroxylation is 1. The molecule has 1 aliphatic carbocycles. The van der Waals surface area contributed by atoms with E-state index in [0.29, 0.717) is 72.0 Å². The summed E-state index contributed by atoms with van der Waals surface area (Å²) >= 11 is 6.78. The van der Waals surface area contributed by atoms with Crippen LogP contribution in [0.15, 0.2) is 18.2 Å². The molecule has 0 spiro atoms. The second kappa shape index (κ2) is 14.6. The zero-order chi connectivity index (χ0) is 36.0. The monoisotopic (exact) mass is 750 g/mol. The van der Waals surface area contributed by atoms with Crippen molar-refractivity contribution in [2.75, 3.05) is 38.4 Å². The summed E-state index contributed by atoms with van der Waals surface area (Å²) in [7, 11) is -3.36. The van der Waals surface area contributed by atoms with Crippen molar-refractivity contribution in [1.82, 2.24) is 14.5 Å². The van der Waals surface area contributed by atoms with E-state index in [1.165, 1.54) is 6.07 Å². The van der Waals surface area contributed by atoms with E-state index in [1.54, 1.807) is 6.07 Å². The summed E-state index contributed by atoms with van der Waals surface area (Å²) in [6.45, 7) is 19.6. The number of aromatic nitrogens is 3. The predicted molar refractivity (Wildman–Crippen MR) is 196 cm³/mol. The SMILES string of the molecule is CC(C)(C)[Si](C)(C)O[C@@H]1CO[C@H]2[C@@H]1OC[C@H]2Oc1nc2cc(Cl)c(NC3CCc4cc(OCCO)cc(F)c43)nc2n1COCC[Si](C)(C)C. The van der Waals surface area contributed by atoms with E-state index in [2.05, 4.69) is 58.8 Å². The van der Waals surface area contributed by atoms with Crippen molar-refractivity contribution in [2.45, 2.75) is 115 Å². The molecule has 3 aromatic rings. The number of hydrogen-bond acceptors (Lipinski definition) is 10. The lowest BCUT2D eigenvalue weighted by Gasteiger charge is -2.39. The number of hydrogen-bond donors (Lipinski definition) is 2. The van der Waals surface area contributed by atoms with Gasteiger partial charge < -0.3 is 38.5 Å². The number of halogens is 2. The van der Waals surface area contributed by atoms with Crippen LogP contribution >= 0.6 is 11.6 Å². The molecular formula is C35H52ClFN4O7Si2. The molecule has 15 heteroatoms. The zero-order valence-electron chi connectivity index (χ0n) is 30.5. The molecule has 2 aliphatic heterocycles. The Balaban J connectivity index is 1.24. The van der Waals surface area contributed by atoms with E-state index < -0.39 is 22.5 Å². The van der Waals surface area contributed by atoms with Gasteiger partial charge in [-0.05, 0) is 54.7 Å². The Hall–Kier alpha value is -2.31. The third-order valence-electron chi connectivity index (χ3n) is 10.2. The minimum atomic E-state index is -2.04. The van der Waals surface area contributed by atoms with Gasteiger partial charge in [-0.2, -0.15) is 4.98 Å². The summed E-state index contributed by atoms with van der Waals surface area (Å²) in [4.78, 5) is 9.73. The average Bonchev–Trinajstić information content (AvgIpc) is 3.79. The Kier molecular flexibility index (Phi) is 10.9. The molecule has 50 heavy (non-hydrogen) atoms. The number of ether oxygens (including phenoxy) is 5. The van der Waals surface area contributed by atoms with Crippen LogP contribution in [0, 0.1) is 5.82 Å². The van der Waals surface area contributed by atoms with Crippen LogP contribution in [0.4, 0.5) is 10.2 Å². The van der Waals surface area contributed by atoms with Gasteiger partial charge in [0.25, 0.3) is 0 Å². The topological polar surface area (TPSA) is 118 Å². The molecule has 276 valence electrons. The van der Waals surface area contributed by atoms with E-state index in [9.17, 15) is 0 Å². The molecule has 1 aromatic carbocycles. The highest BCUT2D eigenvalue weighted by Gasteiger charge is 2.52. The van der Waals surface area contributed by atoms with Gasteiger partial charge in [0.1, 0.15) is 48.4 Å². The van der Waals surface area contributed by atoms with Crippen molar-refractivity contribution in [3.63, 3.8) is 0 Å². The van der Waals surface area contributed by atoms with Gasteiger partial charge in [-0.15, -0.1) is 0 Å². The number of anilines is 1. The fraction of sp³-hybridized carbons (Fsp3) is 0.657. The van der Waals surface area contributed by atoms with E-state index in [4.69, 9.17) is 54.8 Å². The lowest BCUT2D eigenvalue weighted by Crippen LogP contribution is -2.47. The molecule has 1 unspecified atom stereocenters. The number of rotatable bonds is 14. The average molecular weight is 751 g/mol. The minimum Gasteiger partial charge on any atom is -0.491 e. The van der Waals surface area contributed by atoms with E-state index in [-0.39, 0.29) is 55.2 Å². The Labute approximate surface area is 301 Å². The Bertz CT molecular complexity index is 1680. The maximum atomic E-state index is 15.3. The summed E-state index contributed by atoms with van der Waals surface area (Å²) in [5, 5.41) is 12.9. The first-order chi connectivity index (χ1) is 23.5. The van der Waals surface area contributed by atoms with Gasteiger partial charge in [-0.3, -0.25) is 4.57 Å². The van der Waals surface area contributed by atoms with Crippen LogP contribution in [0.3, 0.4) is 0 Å². The van der Waals surface area contributed by atoms with Gasteiger partial charge in [0.15, 0.2) is 20.1 Å². The number of nitrogens with zero attached hydrogens (tertiary/aromatic N) is 3. The zero-order valence-corrected chi connectivity index (χ0v) is 33.2. The van der Waals surface area contributed by atoms with Crippen molar-refractivity contribution in [3.05, 3.63) is 40.2 Å². The molecule has 2 aromatic heterocycles. The fourth-order valence-electron chi connectivity index (χ4n) is 6.41. The normalized spacial score (nSPS) is 23.8. The summed E-state index contributed by atoms with van der Waals surface area (Å²) in [5.41, 5.74) is 2.50. The quantitative estimate of drug-likeness (QED) is 0.133. The second-order valence-electron chi connectivity index (χ2n) is 16.3. The molecular weight excluding hydrogens is 699 g/mol. The smallest absolute Gasteiger partial charge is 0.301 e. The number of aliphatic hydroxyl groups excluding tert-OH is 1. The van der Waals surface area contributed by atoms with E-state index >= 15 is 4.39 Å². The molecule has 4 heterocycles. The van der Waals surface area contributed by atoms with Gasteiger partial charge in [0.2, 0.25) is 0 Å². The van der Waals surface area contributed by atoms with E-state index in [1.807, 2.05) is 10.6 Å². The number of fused-ring (bicyclic) bond motifs is 3. The number of pyridine rings is 1. The van der Waals surface area contributed by atoms with Gasteiger partial charge in [0.05, 0.1) is 37.0 Å². The molecule has 2 saturated heterocycles. The Morgan fingerprint density at radius 3 is 2.46 bits per heavy atom. The highest BCUT2D eigenvalue weighted by Crippen LogP contribution is 2.42. The first kappa shape index (κ1) is 37.5. The number of imidazole rings is 1. The van der Waals surface area contributed by atoms with Gasteiger partial charge in [-0.1, -0.05) is 52.0 Å². The van der Waals surface area contributed by atoms with E-state index in [0.717, 1.165) is 11.6 Å². The van der Waals surface area contributed by atoms with Crippen LogP contribution in [-0.4, -0.2) is 93.5 Å². The van der Waals surface area contributed by atoms with Crippen LogP contribution in [0.25, 0.3) is 11.2 Å². The minimum absolute atomic E-state index is 0.0658. The van der Waals surface area contributed by atoms with Crippen molar-refractivity contribution >= 4 is 45.0 Å². The molecule has 0 amide bonds. The van der Waals surface area contributed by atoms with Crippen molar-refractivity contribution in [2.24, 2.45) is 0 Å². The highest BCUT2D eigenvalue weighted by atomic mass is 35.5. The molecule has 3 aliphatic rings. The molecule has 11 nitrogen and oxygen atoms in total. The standard InChI is InChI=1S/C35H52ClFN4O7Si2/c1-35(2,3)50(7,8)48-28-19-46-30-27(18-45-31(28)30)47-34-39-26-17-23(36)32(40-33(26)41(34)20-43-13-14-49(4,5)6)38-25-10-9-21-15-22(44-12-11-42)16-24(37)29(21)25/h15-17,25,27-28,30-31,42H,9-14,18-20H2,1-8H3,(H,38,40)/t25?,27-,28-,30-,31-/m1/s1. The summed E-state index contributed by atoms with van der Waals surface area (Å²) in [6.07, 6.45) is 0.238. The highest BCUT2D eigenvalue weighted by molar-refractivity contribution is 6.76. The summed E-state index contributed by atoms with van der Waals surface area (Å²) in [5.74, 6) is 0.447. The van der Waals surface area contributed by atoms with Gasteiger partial charge >= 0.3 is 6.01 Å². The lowest BCUT2D eigenvalue weighted by molar-refractivity contribution is 0.00687. The van der Waals surface area contributed by atoms with Gasteiger partial charge in [0, 0.05) is 26.3 Å². The second-order valence-corrected chi connectivity index (χ2v) is 27.1. The Morgan fingerprint density at radius 1 is 1.04 bits per heavy atom. The first-order valence-electron chi connectivity index (χ1n) is 17.6. The van der Waals surface area contributed by atoms with Crippen LogP contribution in [0.2, 0.25) is 48.8 Å². The summed E-state index contributed by atoms with van der Waals surface area (Å²) in [6, 6.07) is 5.94. The van der Waals surface area contributed by atoms with Crippen molar-refractivity contribution in [3.8, 4) is 11.8 Å². The molecule has 2 N–H and O–H groups in total. The third kappa shape index (κ3) is 8.02. The number of aliphatic hydroxyl groups is 1. The third-order valence-corrected chi connectivity index (χ3v) is 16.7. The molecule has 2 fully saturated rings. The number of nitrogens with one attached hydrogen (secondary N) is 1. The fourth-order valence-corrected chi connectivity index (χ4v) is 8.68.